The molecule has 142 valence electrons. The summed E-state index contributed by atoms with van der Waals surface area (Å²) < 4.78 is 10.5. The zero-order valence-corrected chi connectivity index (χ0v) is 15.7. The van der Waals surface area contributed by atoms with Crippen LogP contribution in [0.5, 0.6) is 11.5 Å². The van der Waals surface area contributed by atoms with E-state index < -0.39 is 0 Å². The smallest absolute Gasteiger partial charge is 0.253 e. The van der Waals surface area contributed by atoms with Gasteiger partial charge in [0.1, 0.15) is 0 Å². The highest BCUT2D eigenvalue weighted by Crippen LogP contribution is 2.27. The third-order valence-corrected chi connectivity index (χ3v) is 4.12. The predicted molar refractivity (Wildman–Crippen MR) is 102 cm³/mol. The fourth-order valence-electron chi connectivity index (χ4n) is 2.66. The lowest BCUT2D eigenvalue weighted by atomic mass is 10.1. The first-order valence-corrected chi connectivity index (χ1v) is 8.39. The highest BCUT2D eigenvalue weighted by atomic mass is 16.5. The van der Waals surface area contributed by atoms with Gasteiger partial charge in [-0.25, -0.2) is 0 Å². The number of carbonyl (C=O) groups excluding carboxylic acids is 1. The van der Waals surface area contributed by atoms with Crippen molar-refractivity contribution in [3.8, 4) is 17.6 Å². The van der Waals surface area contributed by atoms with Gasteiger partial charge in [0.25, 0.3) is 5.91 Å². The summed E-state index contributed by atoms with van der Waals surface area (Å²) in [7, 11) is 4.89. The number of nitriles is 1. The first kappa shape index (κ1) is 20.1. The highest BCUT2D eigenvalue weighted by Gasteiger charge is 2.16. The number of aliphatic hydroxyl groups excluding tert-OH is 1. The Labute approximate surface area is 158 Å². The lowest BCUT2D eigenvalue weighted by molar-refractivity contribution is 0.0951. The number of hydrogen-bond acceptors (Lipinski definition) is 6. The average molecular weight is 369 g/mol. The molecule has 0 saturated carbocycles. The zero-order valence-electron chi connectivity index (χ0n) is 15.7. The summed E-state index contributed by atoms with van der Waals surface area (Å²) in [5, 5.41) is 21.1. The Morgan fingerprint density at radius 1 is 1.19 bits per heavy atom. The van der Waals surface area contributed by atoms with Gasteiger partial charge in [0.2, 0.25) is 0 Å². The fourth-order valence-corrected chi connectivity index (χ4v) is 2.66. The van der Waals surface area contributed by atoms with E-state index in [0.29, 0.717) is 41.4 Å². The number of hydrogen-bond donors (Lipinski definition) is 2. The van der Waals surface area contributed by atoms with Crippen LogP contribution < -0.4 is 19.7 Å². The maximum absolute atomic E-state index is 12.7. The van der Waals surface area contributed by atoms with Crippen molar-refractivity contribution in [1.29, 1.82) is 5.26 Å². The van der Waals surface area contributed by atoms with E-state index in [4.69, 9.17) is 19.8 Å². The minimum Gasteiger partial charge on any atom is -0.493 e. The van der Waals surface area contributed by atoms with Crippen molar-refractivity contribution in [2.75, 3.05) is 39.3 Å². The normalized spacial score (nSPS) is 10.0. The molecule has 7 heteroatoms. The van der Waals surface area contributed by atoms with Crippen LogP contribution in [0.15, 0.2) is 36.4 Å². The molecule has 0 aliphatic rings. The number of rotatable bonds is 8. The summed E-state index contributed by atoms with van der Waals surface area (Å²) in [5.41, 5.74) is 2.27. The van der Waals surface area contributed by atoms with E-state index in [0.717, 1.165) is 5.56 Å². The topological polar surface area (TPSA) is 94.8 Å². The van der Waals surface area contributed by atoms with Gasteiger partial charge >= 0.3 is 0 Å². The molecule has 0 aliphatic carbocycles. The molecule has 27 heavy (non-hydrogen) atoms. The van der Waals surface area contributed by atoms with Crippen molar-refractivity contribution < 1.29 is 19.4 Å². The van der Waals surface area contributed by atoms with E-state index in [1.54, 1.807) is 56.5 Å². The first-order chi connectivity index (χ1) is 13.0. The van der Waals surface area contributed by atoms with Gasteiger partial charge in [0.15, 0.2) is 11.5 Å². The SMILES string of the molecule is COc1ccc(CNC(=O)c2cc(C#N)ccc2N(C)CCO)cc1OC. The molecule has 2 aromatic rings. The molecule has 0 heterocycles. The van der Waals surface area contributed by atoms with Gasteiger partial charge in [-0.15, -0.1) is 0 Å². The van der Waals surface area contributed by atoms with E-state index in [1.807, 2.05) is 12.1 Å². The predicted octanol–water partition coefficient (Wildman–Crippen LogP) is 1.93. The van der Waals surface area contributed by atoms with Gasteiger partial charge in [-0.3, -0.25) is 4.79 Å². The van der Waals surface area contributed by atoms with Gasteiger partial charge < -0.3 is 24.8 Å². The van der Waals surface area contributed by atoms with Crippen LogP contribution in [0.1, 0.15) is 21.5 Å². The summed E-state index contributed by atoms with van der Waals surface area (Å²) in [6, 6.07) is 12.4. The van der Waals surface area contributed by atoms with Crippen molar-refractivity contribution in [1.82, 2.24) is 5.32 Å². The number of aliphatic hydroxyl groups is 1. The molecule has 0 aromatic heterocycles. The Bertz CT molecular complexity index is 846. The van der Waals surface area contributed by atoms with E-state index in [-0.39, 0.29) is 12.5 Å². The zero-order chi connectivity index (χ0) is 19.8. The number of amides is 1. The first-order valence-electron chi connectivity index (χ1n) is 8.39. The Balaban J connectivity index is 2.21. The molecule has 0 fully saturated rings. The third-order valence-electron chi connectivity index (χ3n) is 4.12. The second-order valence-corrected chi connectivity index (χ2v) is 5.86. The summed E-state index contributed by atoms with van der Waals surface area (Å²) in [6.45, 7) is 0.629. The molecule has 2 N–H and O–H groups in total. The number of nitrogens with one attached hydrogen (secondary N) is 1. The van der Waals surface area contributed by atoms with Crippen molar-refractivity contribution in [2.45, 2.75) is 6.54 Å². The van der Waals surface area contributed by atoms with E-state index in [1.165, 1.54) is 0 Å². The van der Waals surface area contributed by atoms with E-state index >= 15 is 0 Å². The molecule has 0 saturated heterocycles. The van der Waals surface area contributed by atoms with Gasteiger partial charge in [-0.05, 0) is 35.9 Å². The van der Waals surface area contributed by atoms with E-state index in [2.05, 4.69) is 5.32 Å². The van der Waals surface area contributed by atoms with Gasteiger partial charge in [-0.1, -0.05) is 6.07 Å². The molecular formula is C20H23N3O4. The monoisotopic (exact) mass is 369 g/mol. The standard InChI is InChI=1S/C20H23N3O4/c1-23(8-9-24)17-6-4-14(12-21)10-16(17)20(25)22-13-15-5-7-18(26-2)19(11-15)27-3/h4-7,10-11,24H,8-9,13H2,1-3H3,(H,22,25). The number of methoxy groups -OCH3 is 2. The molecule has 7 nitrogen and oxygen atoms in total. The van der Waals surface area contributed by atoms with Crippen molar-refractivity contribution >= 4 is 11.6 Å². The van der Waals surface area contributed by atoms with Crippen molar-refractivity contribution in [3.63, 3.8) is 0 Å². The van der Waals surface area contributed by atoms with Crippen molar-refractivity contribution in [2.24, 2.45) is 0 Å². The maximum Gasteiger partial charge on any atom is 0.253 e. The minimum absolute atomic E-state index is 0.0385. The average Bonchev–Trinajstić information content (AvgIpc) is 2.71. The quantitative estimate of drug-likeness (QED) is 0.738. The number of likely N-dealkylation sites (N-methyl/N-ethyl adjacent to an activating group) is 1. The third kappa shape index (κ3) is 4.90. The van der Waals surface area contributed by atoms with Crippen LogP contribution in [-0.4, -0.2) is 45.4 Å². The summed E-state index contributed by atoms with van der Waals surface area (Å²) in [5.74, 6) is 0.892. The Morgan fingerprint density at radius 2 is 1.93 bits per heavy atom. The van der Waals surface area contributed by atoms with Gasteiger partial charge in [0, 0.05) is 25.8 Å². The van der Waals surface area contributed by atoms with Crippen LogP contribution in [0, 0.1) is 11.3 Å². The lowest BCUT2D eigenvalue weighted by Gasteiger charge is -2.21. The van der Waals surface area contributed by atoms with Crippen LogP contribution in [0.4, 0.5) is 5.69 Å². The van der Waals surface area contributed by atoms with Crippen LogP contribution in [0.2, 0.25) is 0 Å². The van der Waals surface area contributed by atoms with Gasteiger partial charge in [-0.2, -0.15) is 5.26 Å². The largest absolute Gasteiger partial charge is 0.493 e. The van der Waals surface area contributed by atoms with Crippen LogP contribution in [-0.2, 0) is 6.54 Å². The highest BCUT2D eigenvalue weighted by molar-refractivity contribution is 6.00. The number of nitrogens with zero attached hydrogens (tertiary/aromatic N) is 2. The molecule has 0 bridgehead atoms. The maximum atomic E-state index is 12.7. The van der Waals surface area contributed by atoms with Gasteiger partial charge in [0.05, 0.1) is 38.0 Å². The molecule has 2 rings (SSSR count). The van der Waals surface area contributed by atoms with Crippen LogP contribution >= 0.6 is 0 Å². The summed E-state index contributed by atoms with van der Waals surface area (Å²) >= 11 is 0. The lowest BCUT2D eigenvalue weighted by Crippen LogP contribution is -2.28. The summed E-state index contributed by atoms with van der Waals surface area (Å²) in [6.07, 6.45) is 0. The van der Waals surface area contributed by atoms with Crippen molar-refractivity contribution in [3.05, 3.63) is 53.1 Å². The summed E-state index contributed by atoms with van der Waals surface area (Å²) in [4.78, 5) is 14.5. The number of carbonyl (C=O) groups is 1. The van der Waals surface area contributed by atoms with Crippen LogP contribution in [0.25, 0.3) is 0 Å². The number of ether oxygens (including phenoxy) is 2. The molecule has 2 aromatic carbocycles. The molecule has 0 spiro atoms. The number of anilines is 1. The molecule has 0 aliphatic heterocycles. The van der Waals surface area contributed by atoms with E-state index in [9.17, 15) is 4.79 Å². The Kier molecular flexibility index (Phi) is 7.03. The molecule has 0 radical (unpaired) electrons. The Hall–Kier alpha value is -3.24. The second-order valence-electron chi connectivity index (χ2n) is 5.86. The minimum atomic E-state index is -0.304. The molecule has 1 amide bonds. The fraction of sp³-hybridized carbons (Fsp3) is 0.300. The second kappa shape index (κ2) is 9.46. The Morgan fingerprint density at radius 3 is 2.56 bits per heavy atom. The number of benzene rings is 2. The molecular weight excluding hydrogens is 346 g/mol. The molecule has 0 unspecified atom stereocenters. The molecule has 0 atom stereocenters. The van der Waals surface area contributed by atoms with Crippen LogP contribution in [0.3, 0.4) is 0 Å².